The summed E-state index contributed by atoms with van der Waals surface area (Å²) in [7, 11) is 1.85. The predicted octanol–water partition coefficient (Wildman–Crippen LogP) is 4.02. The fourth-order valence-corrected chi connectivity index (χ4v) is 2.96. The maximum Gasteiger partial charge on any atom is 0.275 e. The summed E-state index contributed by atoms with van der Waals surface area (Å²) in [6.07, 6.45) is 0. The minimum absolute atomic E-state index is 0.0404. The summed E-state index contributed by atoms with van der Waals surface area (Å²) in [5.74, 6) is 0.323. The van der Waals surface area contributed by atoms with Crippen LogP contribution in [0.5, 0.6) is 5.75 Å². The van der Waals surface area contributed by atoms with Crippen molar-refractivity contribution in [2.24, 2.45) is 7.05 Å². The zero-order valence-electron chi connectivity index (χ0n) is 14.6. The van der Waals surface area contributed by atoms with E-state index >= 15 is 0 Å². The lowest BCUT2D eigenvalue weighted by molar-refractivity contribution is 0.291. The van der Waals surface area contributed by atoms with Crippen LogP contribution in [0.25, 0.3) is 5.69 Å². The maximum absolute atomic E-state index is 13.0. The fourth-order valence-electron chi connectivity index (χ4n) is 2.96. The number of para-hydroxylation sites is 1. The highest BCUT2D eigenvalue weighted by molar-refractivity contribution is 5.34. The number of aromatic nitrogens is 2. The molecule has 0 aliphatic heterocycles. The Kier molecular flexibility index (Phi) is 4.74. The van der Waals surface area contributed by atoms with Gasteiger partial charge in [0.15, 0.2) is 0 Å². The van der Waals surface area contributed by atoms with E-state index < -0.39 is 0 Å². The topological polar surface area (TPSA) is 36.2 Å². The molecule has 130 valence electrons. The lowest BCUT2D eigenvalue weighted by Gasteiger charge is -2.12. The first-order valence-electron chi connectivity index (χ1n) is 8.23. The Morgan fingerprint density at radius 3 is 2.28 bits per heavy atom. The predicted molar refractivity (Wildman–Crippen MR) is 95.8 cm³/mol. The quantitative estimate of drug-likeness (QED) is 0.703. The number of hydrogen-bond acceptors (Lipinski definition) is 2. The van der Waals surface area contributed by atoms with E-state index in [1.165, 1.54) is 12.1 Å². The first-order chi connectivity index (χ1) is 12.0. The van der Waals surface area contributed by atoms with Crippen molar-refractivity contribution in [3.05, 3.63) is 82.0 Å². The summed E-state index contributed by atoms with van der Waals surface area (Å²) in [6, 6.07) is 15.4. The molecule has 3 rings (SSSR count). The van der Waals surface area contributed by atoms with Crippen molar-refractivity contribution in [1.82, 2.24) is 9.36 Å². The highest BCUT2D eigenvalue weighted by atomic mass is 19.1. The molecule has 1 heterocycles. The Labute approximate surface area is 146 Å². The molecule has 0 amide bonds. The molecule has 0 atom stereocenters. The van der Waals surface area contributed by atoms with Crippen LogP contribution < -0.4 is 10.3 Å². The summed E-state index contributed by atoms with van der Waals surface area (Å²) in [5.41, 5.74) is 2.31. The van der Waals surface area contributed by atoms with E-state index in [0.717, 1.165) is 16.9 Å². The Morgan fingerprint density at radius 2 is 1.68 bits per heavy atom. The molecular formula is C20H21FN2O2. The average Bonchev–Trinajstić information content (AvgIpc) is 2.85. The maximum atomic E-state index is 13.0. The van der Waals surface area contributed by atoms with Crippen LogP contribution in [0, 0.1) is 5.82 Å². The van der Waals surface area contributed by atoms with Gasteiger partial charge in [0.25, 0.3) is 5.56 Å². The number of ether oxygens (including phenoxy) is 1. The summed E-state index contributed by atoms with van der Waals surface area (Å²) >= 11 is 0. The molecule has 1 aromatic heterocycles. The first kappa shape index (κ1) is 17.0. The van der Waals surface area contributed by atoms with E-state index in [9.17, 15) is 9.18 Å². The molecule has 0 saturated carbocycles. The summed E-state index contributed by atoms with van der Waals surface area (Å²) in [5, 5.41) is 0. The molecule has 0 spiro atoms. The van der Waals surface area contributed by atoms with E-state index in [-0.39, 0.29) is 23.9 Å². The SMILES string of the molecule is CC(C)c1c(COc2ccc(F)cc2)n(C)n(-c2ccccc2)c1=O. The smallest absolute Gasteiger partial charge is 0.275 e. The number of hydrogen-bond donors (Lipinski definition) is 0. The standard InChI is InChI=1S/C20H21FN2O2/c1-14(2)19-18(13-25-17-11-9-15(21)10-12-17)22(3)23(20(19)24)16-7-5-4-6-8-16/h4-12,14H,13H2,1-3H3. The van der Waals surface area contributed by atoms with Crippen LogP contribution in [0.3, 0.4) is 0 Å². The molecule has 2 aromatic carbocycles. The lowest BCUT2D eigenvalue weighted by Crippen LogP contribution is -2.21. The second kappa shape index (κ2) is 6.97. The molecule has 3 aromatic rings. The van der Waals surface area contributed by atoms with Crippen LogP contribution in [0.2, 0.25) is 0 Å². The van der Waals surface area contributed by atoms with Gasteiger partial charge in [-0.15, -0.1) is 0 Å². The lowest BCUT2D eigenvalue weighted by atomic mass is 10.0. The summed E-state index contributed by atoms with van der Waals surface area (Å²) in [4.78, 5) is 12.9. The van der Waals surface area contributed by atoms with Gasteiger partial charge in [0.2, 0.25) is 0 Å². The Bertz CT molecular complexity index is 909. The average molecular weight is 340 g/mol. The van der Waals surface area contributed by atoms with Gasteiger partial charge in [-0.2, -0.15) is 0 Å². The molecule has 0 aliphatic carbocycles. The largest absolute Gasteiger partial charge is 0.487 e. The fraction of sp³-hybridized carbons (Fsp3) is 0.250. The number of nitrogens with zero attached hydrogens (tertiary/aromatic N) is 2. The molecular weight excluding hydrogens is 319 g/mol. The van der Waals surface area contributed by atoms with Crippen molar-refractivity contribution in [2.45, 2.75) is 26.4 Å². The van der Waals surface area contributed by atoms with Crippen LogP contribution in [0.4, 0.5) is 4.39 Å². The van der Waals surface area contributed by atoms with Crippen molar-refractivity contribution in [3.63, 3.8) is 0 Å². The number of benzene rings is 2. The second-order valence-corrected chi connectivity index (χ2v) is 6.23. The zero-order chi connectivity index (χ0) is 18.0. The molecule has 0 aliphatic rings. The zero-order valence-corrected chi connectivity index (χ0v) is 14.6. The van der Waals surface area contributed by atoms with Crippen LogP contribution in [0.15, 0.2) is 59.4 Å². The van der Waals surface area contributed by atoms with E-state index in [2.05, 4.69) is 0 Å². The van der Waals surface area contributed by atoms with Crippen LogP contribution in [0.1, 0.15) is 31.0 Å². The van der Waals surface area contributed by atoms with Crippen molar-refractivity contribution in [2.75, 3.05) is 0 Å². The van der Waals surface area contributed by atoms with E-state index in [0.29, 0.717) is 5.75 Å². The molecule has 4 nitrogen and oxygen atoms in total. The van der Waals surface area contributed by atoms with Crippen molar-refractivity contribution in [1.29, 1.82) is 0 Å². The third kappa shape index (κ3) is 3.36. The molecule has 0 unspecified atom stereocenters. The normalized spacial score (nSPS) is 11.1. The van der Waals surface area contributed by atoms with Crippen LogP contribution in [-0.2, 0) is 13.7 Å². The molecule has 0 bridgehead atoms. The van der Waals surface area contributed by atoms with Gasteiger partial charge in [0, 0.05) is 12.6 Å². The van der Waals surface area contributed by atoms with E-state index in [4.69, 9.17) is 4.74 Å². The van der Waals surface area contributed by atoms with Gasteiger partial charge in [-0.05, 0) is 42.3 Å². The van der Waals surface area contributed by atoms with Gasteiger partial charge < -0.3 is 4.74 Å². The van der Waals surface area contributed by atoms with Gasteiger partial charge in [-0.1, -0.05) is 32.0 Å². The highest BCUT2D eigenvalue weighted by Gasteiger charge is 2.21. The van der Waals surface area contributed by atoms with Gasteiger partial charge in [0.05, 0.1) is 11.4 Å². The Morgan fingerprint density at radius 1 is 1.04 bits per heavy atom. The monoisotopic (exact) mass is 340 g/mol. The second-order valence-electron chi connectivity index (χ2n) is 6.23. The third-order valence-electron chi connectivity index (χ3n) is 4.19. The molecule has 0 fully saturated rings. The van der Waals surface area contributed by atoms with E-state index in [1.807, 2.05) is 55.9 Å². The first-order valence-corrected chi connectivity index (χ1v) is 8.23. The van der Waals surface area contributed by atoms with Crippen molar-refractivity contribution in [3.8, 4) is 11.4 Å². The minimum atomic E-state index is -0.308. The van der Waals surface area contributed by atoms with Gasteiger partial charge in [0.1, 0.15) is 18.2 Å². The Balaban J connectivity index is 2.00. The third-order valence-corrected chi connectivity index (χ3v) is 4.19. The van der Waals surface area contributed by atoms with Gasteiger partial charge in [-0.25, -0.2) is 9.07 Å². The highest BCUT2D eigenvalue weighted by Crippen LogP contribution is 2.21. The summed E-state index contributed by atoms with van der Waals surface area (Å²) in [6.45, 7) is 4.23. The number of rotatable bonds is 5. The van der Waals surface area contributed by atoms with Crippen LogP contribution >= 0.6 is 0 Å². The van der Waals surface area contributed by atoms with Crippen molar-refractivity contribution < 1.29 is 9.13 Å². The van der Waals surface area contributed by atoms with Gasteiger partial charge in [-0.3, -0.25) is 9.48 Å². The van der Waals surface area contributed by atoms with E-state index in [1.54, 1.807) is 16.8 Å². The molecule has 0 N–H and O–H groups in total. The molecule has 0 radical (unpaired) electrons. The minimum Gasteiger partial charge on any atom is -0.487 e. The summed E-state index contributed by atoms with van der Waals surface area (Å²) < 4.78 is 22.3. The Hall–Kier alpha value is -2.82. The van der Waals surface area contributed by atoms with Gasteiger partial charge >= 0.3 is 0 Å². The molecule has 0 saturated heterocycles. The number of halogens is 1. The van der Waals surface area contributed by atoms with Crippen molar-refractivity contribution >= 4 is 0 Å². The molecule has 5 heteroatoms. The molecule has 25 heavy (non-hydrogen) atoms. The van der Waals surface area contributed by atoms with Crippen LogP contribution in [-0.4, -0.2) is 9.36 Å².